The average molecular weight is 298 g/mol. The van der Waals surface area contributed by atoms with Crippen molar-refractivity contribution in [3.05, 3.63) is 0 Å². The first kappa shape index (κ1) is 16.1. The van der Waals surface area contributed by atoms with Gasteiger partial charge in [0.2, 0.25) is 0 Å². The molecule has 1 heterocycles. The van der Waals surface area contributed by atoms with Gasteiger partial charge in [-0.05, 0) is 25.7 Å². The number of rotatable bonds is 5. The van der Waals surface area contributed by atoms with Crippen LogP contribution in [0.4, 0.5) is 4.79 Å². The standard InChI is InChI=1S/C15H26N2O4/c1-16(12-4-2-3-5-12)15(20)17-9-6-13(7-10-17)21-11-8-14(18)19/h12-13H,2-11H2,1H3,(H,18,19). The molecule has 1 saturated carbocycles. The zero-order chi connectivity index (χ0) is 15.2. The van der Waals surface area contributed by atoms with Crippen LogP contribution in [0, 0.1) is 0 Å². The highest BCUT2D eigenvalue weighted by Crippen LogP contribution is 2.24. The normalized spacial score (nSPS) is 20.7. The summed E-state index contributed by atoms with van der Waals surface area (Å²) in [6, 6.07) is 0.535. The molecular formula is C15H26N2O4. The van der Waals surface area contributed by atoms with Crippen molar-refractivity contribution >= 4 is 12.0 Å². The Kier molecular flexibility index (Phi) is 5.85. The lowest BCUT2D eigenvalue weighted by atomic mass is 10.1. The van der Waals surface area contributed by atoms with Crippen LogP contribution in [0.5, 0.6) is 0 Å². The quantitative estimate of drug-likeness (QED) is 0.842. The lowest BCUT2D eigenvalue weighted by molar-refractivity contribution is -0.138. The van der Waals surface area contributed by atoms with Gasteiger partial charge in [0.25, 0.3) is 0 Å². The number of urea groups is 1. The molecule has 0 aromatic heterocycles. The smallest absolute Gasteiger partial charge is 0.319 e. The van der Waals surface area contributed by atoms with E-state index in [1.807, 2.05) is 16.8 Å². The minimum absolute atomic E-state index is 0.0452. The molecule has 6 heteroatoms. The largest absolute Gasteiger partial charge is 0.481 e. The third-order valence-electron chi connectivity index (χ3n) is 4.56. The van der Waals surface area contributed by atoms with E-state index in [0.29, 0.717) is 19.1 Å². The van der Waals surface area contributed by atoms with Crippen molar-refractivity contribution in [1.29, 1.82) is 0 Å². The van der Waals surface area contributed by atoms with Gasteiger partial charge in [-0.2, -0.15) is 0 Å². The van der Waals surface area contributed by atoms with Crippen LogP contribution in [0.2, 0.25) is 0 Å². The van der Waals surface area contributed by atoms with Crippen LogP contribution in [0.1, 0.15) is 44.9 Å². The molecular weight excluding hydrogens is 272 g/mol. The van der Waals surface area contributed by atoms with Crippen molar-refractivity contribution in [2.24, 2.45) is 0 Å². The van der Waals surface area contributed by atoms with Crippen molar-refractivity contribution in [3.63, 3.8) is 0 Å². The number of carboxylic acid groups (broad SMARTS) is 1. The number of hydrogen-bond donors (Lipinski definition) is 1. The summed E-state index contributed by atoms with van der Waals surface area (Å²) in [6.45, 7) is 1.66. The van der Waals surface area contributed by atoms with E-state index in [2.05, 4.69) is 0 Å². The van der Waals surface area contributed by atoms with Crippen LogP contribution in [-0.2, 0) is 9.53 Å². The number of carboxylic acids is 1. The number of ether oxygens (including phenoxy) is 1. The fraction of sp³-hybridized carbons (Fsp3) is 0.867. The summed E-state index contributed by atoms with van der Waals surface area (Å²) in [5, 5.41) is 8.58. The summed E-state index contributed by atoms with van der Waals surface area (Å²) in [5.41, 5.74) is 0. The molecule has 1 aliphatic carbocycles. The molecule has 1 N–H and O–H groups in total. The van der Waals surface area contributed by atoms with Crippen molar-refractivity contribution in [2.45, 2.75) is 57.1 Å². The topological polar surface area (TPSA) is 70.1 Å². The Hall–Kier alpha value is -1.30. The Balaban J connectivity index is 1.70. The molecule has 0 aromatic carbocycles. The fourth-order valence-electron chi connectivity index (χ4n) is 3.20. The Bertz CT molecular complexity index is 361. The van der Waals surface area contributed by atoms with Crippen LogP contribution in [0.3, 0.4) is 0 Å². The first-order valence-corrected chi connectivity index (χ1v) is 7.93. The number of piperidine rings is 1. The Labute approximate surface area is 126 Å². The summed E-state index contributed by atoms with van der Waals surface area (Å²) in [7, 11) is 1.91. The molecule has 0 radical (unpaired) electrons. The number of carbonyl (C=O) groups is 2. The van der Waals surface area contributed by atoms with Crippen LogP contribution >= 0.6 is 0 Å². The predicted molar refractivity (Wildman–Crippen MR) is 78.2 cm³/mol. The van der Waals surface area contributed by atoms with Crippen molar-refractivity contribution in [3.8, 4) is 0 Å². The van der Waals surface area contributed by atoms with Gasteiger partial charge in [0.05, 0.1) is 19.1 Å². The van der Waals surface area contributed by atoms with Crippen LogP contribution in [0.15, 0.2) is 0 Å². The van der Waals surface area contributed by atoms with E-state index < -0.39 is 5.97 Å². The summed E-state index contributed by atoms with van der Waals surface area (Å²) in [4.78, 5) is 26.7. The molecule has 2 amide bonds. The predicted octanol–water partition coefficient (Wildman–Crippen LogP) is 1.94. The van der Waals surface area contributed by atoms with Gasteiger partial charge in [0.15, 0.2) is 0 Å². The second kappa shape index (κ2) is 7.64. The second-order valence-corrected chi connectivity index (χ2v) is 6.03. The molecule has 1 saturated heterocycles. The van der Waals surface area contributed by atoms with Crippen molar-refractivity contribution < 1.29 is 19.4 Å². The highest BCUT2D eigenvalue weighted by atomic mass is 16.5. The van der Waals surface area contributed by atoms with E-state index >= 15 is 0 Å². The highest BCUT2D eigenvalue weighted by molar-refractivity contribution is 5.74. The zero-order valence-corrected chi connectivity index (χ0v) is 12.8. The maximum atomic E-state index is 12.4. The van der Waals surface area contributed by atoms with Gasteiger partial charge < -0.3 is 19.6 Å². The summed E-state index contributed by atoms with van der Waals surface area (Å²) in [5.74, 6) is -0.833. The van der Waals surface area contributed by atoms with Gasteiger partial charge in [0, 0.05) is 26.2 Å². The number of aliphatic carboxylic acids is 1. The lowest BCUT2D eigenvalue weighted by Gasteiger charge is -2.36. The monoisotopic (exact) mass is 298 g/mol. The number of amides is 2. The molecule has 6 nitrogen and oxygen atoms in total. The van der Waals surface area contributed by atoms with Gasteiger partial charge >= 0.3 is 12.0 Å². The molecule has 0 spiro atoms. The number of hydrogen-bond acceptors (Lipinski definition) is 3. The third-order valence-corrected chi connectivity index (χ3v) is 4.56. The number of nitrogens with zero attached hydrogens (tertiary/aromatic N) is 2. The number of carbonyl (C=O) groups excluding carboxylic acids is 1. The highest BCUT2D eigenvalue weighted by Gasteiger charge is 2.29. The molecule has 0 unspecified atom stereocenters. The molecule has 0 atom stereocenters. The fourth-order valence-corrected chi connectivity index (χ4v) is 3.20. The summed E-state index contributed by atoms with van der Waals surface area (Å²) >= 11 is 0. The van der Waals surface area contributed by atoms with E-state index in [1.165, 1.54) is 12.8 Å². The van der Waals surface area contributed by atoms with Gasteiger partial charge in [-0.1, -0.05) is 12.8 Å². The Morgan fingerprint density at radius 3 is 2.38 bits per heavy atom. The van der Waals surface area contributed by atoms with E-state index in [4.69, 9.17) is 9.84 Å². The summed E-state index contributed by atoms with van der Waals surface area (Å²) in [6.07, 6.45) is 6.42. The zero-order valence-electron chi connectivity index (χ0n) is 12.8. The van der Waals surface area contributed by atoms with E-state index in [9.17, 15) is 9.59 Å². The molecule has 2 fully saturated rings. The maximum absolute atomic E-state index is 12.4. The molecule has 0 aromatic rings. The molecule has 0 bridgehead atoms. The van der Waals surface area contributed by atoms with Gasteiger partial charge in [-0.15, -0.1) is 0 Å². The lowest BCUT2D eigenvalue weighted by Crippen LogP contribution is -2.49. The Morgan fingerprint density at radius 1 is 1.19 bits per heavy atom. The number of likely N-dealkylation sites (tertiary alicyclic amines) is 1. The van der Waals surface area contributed by atoms with Crippen LogP contribution in [0.25, 0.3) is 0 Å². The van der Waals surface area contributed by atoms with E-state index in [0.717, 1.165) is 25.7 Å². The van der Waals surface area contributed by atoms with Crippen molar-refractivity contribution in [1.82, 2.24) is 9.80 Å². The van der Waals surface area contributed by atoms with Gasteiger partial charge in [-0.3, -0.25) is 4.79 Å². The van der Waals surface area contributed by atoms with Crippen LogP contribution in [-0.4, -0.2) is 65.8 Å². The third kappa shape index (κ3) is 4.59. The molecule has 2 rings (SSSR count). The minimum atomic E-state index is -0.833. The maximum Gasteiger partial charge on any atom is 0.319 e. The SMILES string of the molecule is CN(C(=O)N1CCC(OCCC(=O)O)CC1)C1CCCC1. The molecule has 21 heavy (non-hydrogen) atoms. The van der Waals surface area contributed by atoms with E-state index in [1.54, 1.807) is 0 Å². The second-order valence-electron chi connectivity index (χ2n) is 6.03. The first-order chi connectivity index (χ1) is 10.1. The van der Waals surface area contributed by atoms with Crippen molar-refractivity contribution in [2.75, 3.05) is 26.7 Å². The average Bonchev–Trinajstić information content (AvgIpc) is 3.00. The molecule has 1 aliphatic heterocycles. The molecule has 2 aliphatic rings. The Morgan fingerprint density at radius 2 is 1.81 bits per heavy atom. The first-order valence-electron chi connectivity index (χ1n) is 7.93. The van der Waals surface area contributed by atoms with Crippen LogP contribution < -0.4 is 0 Å². The van der Waals surface area contributed by atoms with Gasteiger partial charge in [-0.25, -0.2) is 4.79 Å². The summed E-state index contributed by atoms with van der Waals surface area (Å²) < 4.78 is 5.55. The molecule has 120 valence electrons. The van der Waals surface area contributed by atoms with E-state index in [-0.39, 0.29) is 25.2 Å². The van der Waals surface area contributed by atoms with Gasteiger partial charge in [0.1, 0.15) is 0 Å². The minimum Gasteiger partial charge on any atom is -0.481 e.